The topological polar surface area (TPSA) is 109 Å². The van der Waals surface area contributed by atoms with E-state index >= 15 is 0 Å². The Kier molecular flexibility index (Phi) is 4.41. The number of H-pyrrole nitrogens is 1. The number of aromatic amines is 1. The second kappa shape index (κ2) is 6.87. The first-order chi connectivity index (χ1) is 12.6. The zero-order valence-corrected chi connectivity index (χ0v) is 14.8. The largest absolute Gasteiger partial charge is 0.454 e. The number of hydrogen-bond acceptors (Lipinski definition) is 7. The predicted molar refractivity (Wildman–Crippen MR) is 94.4 cm³/mol. The summed E-state index contributed by atoms with van der Waals surface area (Å²) in [5, 5.41) is 9.96. The van der Waals surface area contributed by atoms with E-state index in [0.29, 0.717) is 34.8 Å². The minimum absolute atomic E-state index is 0.108. The number of aromatic nitrogens is 3. The van der Waals surface area contributed by atoms with Crippen LogP contribution in [-0.2, 0) is 9.59 Å². The maximum atomic E-state index is 12.5. The van der Waals surface area contributed by atoms with Crippen molar-refractivity contribution >= 4 is 35.2 Å². The van der Waals surface area contributed by atoms with Gasteiger partial charge >= 0.3 is 0 Å². The van der Waals surface area contributed by atoms with Crippen molar-refractivity contribution in [2.45, 2.75) is 18.5 Å². The maximum absolute atomic E-state index is 12.5. The van der Waals surface area contributed by atoms with Gasteiger partial charge in [0, 0.05) is 24.7 Å². The molecule has 0 spiro atoms. The van der Waals surface area contributed by atoms with E-state index in [0.717, 1.165) is 5.75 Å². The van der Waals surface area contributed by atoms with Crippen LogP contribution in [0.15, 0.2) is 23.4 Å². The molecule has 1 aromatic heterocycles. The molecule has 26 heavy (non-hydrogen) atoms. The summed E-state index contributed by atoms with van der Waals surface area (Å²) in [5.74, 6) is 1.56. The van der Waals surface area contributed by atoms with Gasteiger partial charge in [-0.2, -0.15) is 4.98 Å². The molecule has 3 heterocycles. The number of thioether (sulfide) groups is 1. The SMILES string of the molecule is CCSc1n[nH]c(NC(=O)C2CC(=O)N(c3ccc4c(c3)OCO4)C2)n1. The van der Waals surface area contributed by atoms with Crippen molar-refractivity contribution in [3.63, 3.8) is 0 Å². The third-order valence-electron chi connectivity index (χ3n) is 4.14. The molecule has 4 rings (SSSR count). The summed E-state index contributed by atoms with van der Waals surface area (Å²) in [6.07, 6.45) is 0.144. The first-order valence-corrected chi connectivity index (χ1v) is 9.18. The maximum Gasteiger partial charge on any atom is 0.232 e. The highest BCUT2D eigenvalue weighted by Crippen LogP contribution is 2.37. The second-order valence-corrected chi connectivity index (χ2v) is 7.06. The quantitative estimate of drug-likeness (QED) is 0.765. The molecule has 10 heteroatoms. The molecule has 0 radical (unpaired) electrons. The van der Waals surface area contributed by atoms with Gasteiger partial charge in [-0.3, -0.25) is 14.9 Å². The highest BCUT2D eigenvalue weighted by molar-refractivity contribution is 7.99. The fourth-order valence-electron chi connectivity index (χ4n) is 2.90. The minimum atomic E-state index is -0.458. The molecule has 2 aliphatic heterocycles. The lowest BCUT2D eigenvalue weighted by Crippen LogP contribution is -2.28. The summed E-state index contributed by atoms with van der Waals surface area (Å²) in [6, 6.07) is 5.31. The lowest BCUT2D eigenvalue weighted by atomic mass is 10.1. The Morgan fingerprint density at radius 2 is 2.27 bits per heavy atom. The van der Waals surface area contributed by atoms with E-state index in [4.69, 9.17) is 9.47 Å². The van der Waals surface area contributed by atoms with E-state index in [-0.39, 0.29) is 25.0 Å². The normalized spacial score (nSPS) is 18.4. The number of benzene rings is 1. The average Bonchev–Trinajstić information content (AvgIpc) is 3.34. The van der Waals surface area contributed by atoms with Crippen LogP contribution in [0.5, 0.6) is 11.5 Å². The predicted octanol–water partition coefficient (Wildman–Crippen LogP) is 1.64. The average molecular weight is 375 g/mol. The number of ether oxygens (including phenoxy) is 2. The lowest BCUT2D eigenvalue weighted by molar-refractivity contribution is -0.122. The zero-order valence-electron chi connectivity index (χ0n) is 14.0. The Morgan fingerprint density at radius 1 is 1.42 bits per heavy atom. The van der Waals surface area contributed by atoms with Gasteiger partial charge in [-0.15, -0.1) is 5.10 Å². The Labute approximate surface area is 153 Å². The molecule has 1 saturated heterocycles. The smallest absolute Gasteiger partial charge is 0.232 e. The molecule has 0 aliphatic carbocycles. The summed E-state index contributed by atoms with van der Waals surface area (Å²) in [7, 11) is 0. The van der Waals surface area contributed by atoms with Crippen LogP contribution < -0.4 is 19.7 Å². The van der Waals surface area contributed by atoms with E-state index in [1.807, 2.05) is 6.92 Å². The van der Waals surface area contributed by atoms with Gasteiger partial charge in [-0.05, 0) is 17.9 Å². The third kappa shape index (κ3) is 3.19. The van der Waals surface area contributed by atoms with Gasteiger partial charge < -0.3 is 14.4 Å². The van der Waals surface area contributed by atoms with Crippen LogP contribution in [0.2, 0.25) is 0 Å². The van der Waals surface area contributed by atoms with Crippen LogP contribution in [-0.4, -0.2) is 46.1 Å². The van der Waals surface area contributed by atoms with E-state index in [1.165, 1.54) is 11.8 Å². The number of anilines is 2. The molecule has 2 N–H and O–H groups in total. The monoisotopic (exact) mass is 375 g/mol. The number of fused-ring (bicyclic) bond motifs is 1. The van der Waals surface area contributed by atoms with E-state index < -0.39 is 5.92 Å². The fraction of sp³-hybridized carbons (Fsp3) is 0.375. The van der Waals surface area contributed by atoms with Gasteiger partial charge in [0.1, 0.15) is 0 Å². The van der Waals surface area contributed by atoms with Crippen LogP contribution in [0.3, 0.4) is 0 Å². The number of hydrogen-bond donors (Lipinski definition) is 2. The molecular formula is C16H17N5O4S. The molecular weight excluding hydrogens is 358 g/mol. The molecule has 0 bridgehead atoms. The first-order valence-electron chi connectivity index (χ1n) is 8.20. The molecule has 0 saturated carbocycles. The Balaban J connectivity index is 1.42. The third-order valence-corrected chi connectivity index (χ3v) is 4.87. The standard InChI is InChI=1S/C16H17N5O4S/c1-2-26-16-18-15(19-20-16)17-14(23)9-5-13(22)21(7-9)10-3-4-11-12(6-10)25-8-24-11/h3-4,6,9H,2,5,7-8H2,1H3,(H2,17,18,19,20,23). The van der Waals surface area contributed by atoms with Crippen molar-refractivity contribution in [2.75, 3.05) is 29.3 Å². The Morgan fingerprint density at radius 3 is 3.12 bits per heavy atom. The van der Waals surface area contributed by atoms with Gasteiger partial charge in [-0.25, -0.2) is 5.10 Å². The fourth-order valence-corrected chi connectivity index (χ4v) is 3.42. The molecule has 1 aromatic carbocycles. The van der Waals surface area contributed by atoms with E-state index in [2.05, 4.69) is 20.5 Å². The van der Waals surface area contributed by atoms with Crippen LogP contribution >= 0.6 is 11.8 Å². The van der Waals surface area contributed by atoms with Crippen molar-refractivity contribution in [3.8, 4) is 11.5 Å². The molecule has 2 aromatic rings. The minimum Gasteiger partial charge on any atom is -0.454 e. The second-order valence-electron chi connectivity index (χ2n) is 5.83. The summed E-state index contributed by atoms with van der Waals surface area (Å²) in [5.41, 5.74) is 0.691. The first kappa shape index (κ1) is 16.7. The number of rotatable bonds is 5. The molecule has 2 amide bonds. The van der Waals surface area contributed by atoms with Crippen LogP contribution in [0.4, 0.5) is 11.6 Å². The molecule has 1 fully saturated rings. The lowest BCUT2D eigenvalue weighted by Gasteiger charge is -2.17. The number of nitrogens with one attached hydrogen (secondary N) is 2. The van der Waals surface area contributed by atoms with Gasteiger partial charge in [0.15, 0.2) is 11.5 Å². The molecule has 136 valence electrons. The van der Waals surface area contributed by atoms with Crippen molar-refractivity contribution in [2.24, 2.45) is 5.92 Å². The van der Waals surface area contributed by atoms with Crippen molar-refractivity contribution in [1.82, 2.24) is 15.2 Å². The van der Waals surface area contributed by atoms with Crippen LogP contribution in [0.1, 0.15) is 13.3 Å². The van der Waals surface area contributed by atoms with Gasteiger partial charge in [-0.1, -0.05) is 18.7 Å². The van der Waals surface area contributed by atoms with Gasteiger partial charge in [0.2, 0.25) is 29.7 Å². The molecule has 1 atom stereocenters. The highest BCUT2D eigenvalue weighted by Gasteiger charge is 2.36. The van der Waals surface area contributed by atoms with Crippen molar-refractivity contribution < 1.29 is 19.1 Å². The van der Waals surface area contributed by atoms with Gasteiger partial charge in [0.25, 0.3) is 0 Å². The van der Waals surface area contributed by atoms with Crippen LogP contribution in [0.25, 0.3) is 0 Å². The highest BCUT2D eigenvalue weighted by atomic mass is 32.2. The van der Waals surface area contributed by atoms with Crippen molar-refractivity contribution in [1.29, 1.82) is 0 Å². The number of nitrogens with zero attached hydrogens (tertiary/aromatic N) is 3. The summed E-state index contributed by atoms with van der Waals surface area (Å²) < 4.78 is 10.6. The Bertz CT molecular complexity index is 855. The van der Waals surface area contributed by atoms with E-state index in [1.54, 1.807) is 23.1 Å². The zero-order chi connectivity index (χ0) is 18.1. The summed E-state index contributed by atoms with van der Waals surface area (Å²) in [6.45, 7) is 2.47. The molecule has 9 nitrogen and oxygen atoms in total. The summed E-state index contributed by atoms with van der Waals surface area (Å²) in [4.78, 5) is 30.6. The van der Waals surface area contributed by atoms with Crippen LogP contribution in [0, 0.1) is 5.92 Å². The van der Waals surface area contributed by atoms with Crippen molar-refractivity contribution in [3.05, 3.63) is 18.2 Å². The van der Waals surface area contributed by atoms with E-state index in [9.17, 15) is 9.59 Å². The number of carbonyl (C=O) groups excluding carboxylic acids is 2. The molecule has 1 unspecified atom stereocenters. The number of carbonyl (C=O) groups is 2. The van der Waals surface area contributed by atoms with Gasteiger partial charge in [0.05, 0.1) is 5.92 Å². The Hall–Kier alpha value is -2.75. The summed E-state index contributed by atoms with van der Waals surface area (Å²) >= 11 is 1.47. The molecule has 2 aliphatic rings. The number of amides is 2.